The van der Waals surface area contributed by atoms with E-state index >= 15 is 0 Å². The Morgan fingerprint density at radius 2 is 1.92 bits per heavy atom. The Kier molecular flexibility index (Phi) is 7.22. The zero-order valence-corrected chi connectivity index (χ0v) is 15.8. The molecular weight excluding hydrogens is 356 g/mol. The zero-order chi connectivity index (χ0) is 18.2. The molecule has 6 heteroatoms. The minimum Gasteiger partial charge on any atom is -0.462 e. The first kappa shape index (κ1) is 19.2. The number of ether oxygens (including phenoxy) is 1. The lowest BCUT2D eigenvalue weighted by Gasteiger charge is -2.20. The molecule has 0 amide bonds. The van der Waals surface area contributed by atoms with E-state index in [-0.39, 0.29) is 6.04 Å². The Balaban J connectivity index is 2.02. The van der Waals surface area contributed by atoms with Gasteiger partial charge in [-0.3, -0.25) is 0 Å². The highest BCUT2D eigenvalue weighted by atomic mass is 35.5. The maximum atomic E-state index is 11.8. The first-order valence-corrected chi connectivity index (χ1v) is 8.92. The number of nitrogens with one attached hydrogen (secondary N) is 2. The standard InChI is InChI=1S/C19H21ClN2O2S/c1-3-17(13-8-6-5-7-9-13)22-19(25)21-14-10-11-15(16(20)12-14)18(23)24-4-2/h5-12,17H,3-4H2,1-2H3,(H2,21,22,25)/t17-/m0/s1. The predicted octanol–water partition coefficient (Wildman–Crippen LogP) is 4.95. The summed E-state index contributed by atoms with van der Waals surface area (Å²) < 4.78 is 4.96. The molecule has 0 saturated carbocycles. The van der Waals surface area contributed by atoms with Crippen LogP contribution in [0.5, 0.6) is 0 Å². The SMILES string of the molecule is CCOC(=O)c1ccc(NC(=S)N[C@@H](CC)c2ccccc2)cc1Cl. The van der Waals surface area contributed by atoms with Crippen molar-refractivity contribution in [2.75, 3.05) is 11.9 Å². The van der Waals surface area contributed by atoms with Crippen molar-refractivity contribution in [2.45, 2.75) is 26.3 Å². The summed E-state index contributed by atoms with van der Waals surface area (Å²) >= 11 is 11.6. The molecule has 25 heavy (non-hydrogen) atoms. The van der Waals surface area contributed by atoms with E-state index in [4.69, 9.17) is 28.6 Å². The lowest BCUT2D eigenvalue weighted by Crippen LogP contribution is -2.32. The third-order valence-corrected chi connectivity index (χ3v) is 4.17. The van der Waals surface area contributed by atoms with Gasteiger partial charge in [0.25, 0.3) is 0 Å². The first-order valence-electron chi connectivity index (χ1n) is 8.14. The van der Waals surface area contributed by atoms with Crippen molar-refractivity contribution >= 4 is 40.6 Å². The van der Waals surface area contributed by atoms with Crippen LogP contribution in [0.1, 0.15) is 42.2 Å². The fourth-order valence-electron chi connectivity index (χ4n) is 2.40. The van der Waals surface area contributed by atoms with E-state index < -0.39 is 5.97 Å². The summed E-state index contributed by atoms with van der Waals surface area (Å²) in [6.07, 6.45) is 0.897. The van der Waals surface area contributed by atoms with Crippen LogP contribution in [0.25, 0.3) is 0 Å². The van der Waals surface area contributed by atoms with E-state index in [9.17, 15) is 4.79 Å². The molecule has 0 fully saturated rings. The Labute approximate surface area is 158 Å². The zero-order valence-electron chi connectivity index (χ0n) is 14.2. The minimum absolute atomic E-state index is 0.121. The number of carbonyl (C=O) groups excluding carboxylic acids is 1. The molecule has 0 spiro atoms. The highest BCUT2D eigenvalue weighted by Gasteiger charge is 2.13. The second-order valence-corrected chi connectivity index (χ2v) is 6.20. The van der Waals surface area contributed by atoms with Crippen molar-refractivity contribution in [1.29, 1.82) is 0 Å². The number of thiocarbonyl (C=S) groups is 1. The van der Waals surface area contributed by atoms with Gasteiger partial charge in [0.15, 0.2) is 5.11 Å². The van der Waals surface area contributed by atoms with Gasteiger partial charge in [0.1, 0.15) is 0 Å². The summed E-state index contributed by atoms with van der Waals surface area (Å²) in [6, 6.07) is 15.3. The van der Waals surface area contributed by atoms with E-state index in [0.717, 1.165) is 6.42 Å². The lowest BCUT2D eigenvalue weighted by atomic mass is 10.1. The number of carbonyl (C=O) groups is 1. The molecule has 0 aliphatic carbocycles. The molecule has 132 valence electrons. The first-order chi connectivity index (χ1) is 12.0. The normalized spacial score (nSPS) is 11.5. The van der Waals surface area contributed by atoms with Crippen molar-refractivity contribution in [3.05, 3.63) is 64.7 Å². The largest absolute Gasteiger partial charge is 0.462 e. The average molecular weight is 377 g/mol. The van der Waals surface area contributed by atoms with Crippen LogP contribution in [0.15, 0.2) is 48.5 Å². The average Bonchev–Trinajstić information content (AvgIpc) is 2.60. The fraction of sp³-hybridized carbons (Fsp3) is 0.263. The van der Waals surface area contributed by atoms with E-state index in [0.29, 0.717) is 28.0 Å². The van der Waals surface area contributed by atoms with Gasteiger partial charge in [-0.25, -0.2) is 4.79 Å². The van der Waals surface area contributed by atoms with Gasteiger partial charge in [-0.1, -0.05) is 48.9 Å². The maximum absolute atomic E-state index is 11.8. The second kappa shape index (κ2) is 9.39. The molecule has 2 rings (SSSR count). The molecule has 0 bridgehead atoms. The second-order valence-electron chi connectivity index (χ2n) is 5.39. The number of esters is 1. The van der Waals surface area contributed by atoms with Crippen LogP contribution in [-0.2, 0) is 4.74 Å². The summed E-state index contributed by atoms with van der Waals surface area (Å²) in [6.45, 7) is 4.15. The van der Waals surface area contributed by atoms with Crippen molar-refractivity contribution in [1.82, 2.24) is 5.32 Å². The van der Waals surface area contributed by atoms with E-state index in [1.165, 1.54) is 5.56 Å². The van der Waals surface area contributed by atoms with Crippen LogP contribution >= 0.6 is 23.8 Å². The van der Waals surface area contributed by atoms with Crippen LogP contribution in [0.4, 0.5) is 5.69 Å². The number of hydrogen-bond acceptors (Lipinski definition) is 3. The van der Waals surface area contributed by atoms with Crippen LogP contribution in [-0.4, -0.2) is 17.7 Å². The Morgan fingerprint density at radius 1 is 1.20 bits per heavy atom. The summed E-state index contributed by atoms with van der Waals surface area (Å²) in [5.41, 5.74) is 2.21. The number of halogens is 1. The molecule has 0 heterocycles. The molecule has 4 nitrogen and oxygen atoms in total. The molecule has 2 aromatic rings. The van der Waals surface area contributed by atoms with Crippen LogP contribution in [0.2, 0.25) is 5.02 Å². The van der Waals surface area contributed by atoms with Gasteiger partial charge < -0.3 is 15.4 Å². The quantitative estimate of drug-likeness (QED) is 0.551. The van der Waals surface area contributed by atoms with E-state index in [2.05, 4.69) is 29.7 Å². The van der Waals surface area contributed by atoms with E-state index in [1.54, 1.807) is 25.1 Å². The number of rotatable bonds is 6. The van der Waals surface area contributed by atoms with Gasteiger partial charge in [0, 0.05) is 5.69 Å². The fourth-order valence-corrected chi connectivity index (χ4v) is 2.92. The van der Waals surface area contributed by atoms with Crippen molar-refractivity contribution < 1.29 is 9.53 Å². The highest BCUT2D eigenvalue weighted by molar-refractivity contribution is 7.80. The molecular formula is C19H21ClN2O2S. The molecule has 2 aromatic carbocycles. The Bertz CT molecular complexity index is 737. The van der Waals surface area contributed by atoms with Crippen LogP contribution in [0, 0.1) is 0 Å². The number of anilines is 1. The van der Waals surface area contributed by atoms with Gasteiger partial charge in [-0.15, -0.1) is 0 Å². The summed E-state index contributed by atoms with van der Waals surface area (Å²) in [5.74, 6) is -0.435. The highest BCUT2D eigenvalue weighted by Crippen LogP contribution is 2.22. The molecule has 0 saturated heterocycles. The summed E-state index contributed by atoms with van der Waals surface area (Å²) in [4.78, 5) is 11.8. The van der Waals surface area contributed by atoms with Gasteiger partial charge in [-0.05, 0) is 49.3 Å². The summed E-state index contributed by atoms with van der Waals surface area (Å²) in [5, 5.41) is 7.21. The maximum Gasteiger partial charge on any atom is 0.339 e. The van der Waals surface area contributed by atoms with Crippen LogP contribution in [0.3, 0.4) is 0 Å². The molecule has 0 aliphatic rings. The van der Waals surface area contributed by atoms with Crippen molar-refractivity contribution in [2.24, 2.45) is 0 Å². The van der Waals surface area contributed by atoms with Gasteiger partial charge in [0.05, 0.1) is 23.2 Å². The van der Waals surface area contributed by atoms with E-state index in [1.807, 2.05) is 18.2 Å². The smallest absolute Gasteiger partial charge is 0.339 e. The minimum atomic E-state index is -0.435. The number of benzene rings is 2. The summed E-state index contributed by atoms with van der Waals surface area (Å²) in [7, 11) is 0. The molecule has 0 aromatic heterocycles. The topological polar surface area (TPSA) is 50.4 Å². The molecule has 0 radical (unpaired) electrons. The number of hydrogen-bond donors (Lipinski definition) is 2. The Hall–Kier alpha value is -2.11. The molecule has 2 N–H and O–H groups in total. The third-order valence-electron chi connectivity index (χ3n) is 3.64. The van der Waals surface area contributed by atoms with Gasteiger partial charge in [-0.2, -0.15) is 0 Å². The molecule has 1 atom stereocenters. The van der Waals surface area contributed by atoms with Gasteiger partial charge in [0.2, 0.25) is 0 Å². The molecule has 0 unspecified atom stereocenters. The Morgan fingerprint density at radius 3 is 2.52 bits per heavy atom. The van der Waals surface area contributed by atoms with Crippen molar-refractivity contribution in [3.63, 3.8) is 0 Å². The lowest BCUT2D eigenvalue weighted by molar-refractivity contribution is 0.0526. The van der Waals surface area contributed by atoms with Crippen molar-refractivity contribution in [3.8, 4) is 0 Å². The third kappa shape index (κ3) is 5.44. The van der Waals surface area contributed by atoms with Crippen LogP contribution < -0.4 is 10.6 Å². The molecule has 0 aliphatic heterocycles. The van der Waals surface area contributed by atoms with Gasteiger partial charge >= 0.3 is 5.97 Å². The monoisotopic (exact) mass is 376 g/mol. The predicted molar refractivity (Wildman–Crippen MR) is 106 cm³/mol.